The van der Waals surface area contributed by atoms with Crippen LogP contribution in [0.1, 0.15) is 123 Å². The number of methoxy groups -OCH3 is 1. The quantitative estimate of drug-likeness (QED) is 0.0307. The molecule has 14 heteroatoms. The minimum Gasteiger partial charge on any atom is -0.481 e. The number of likely N-dealkylation sites (tertiary alicyclic amines) is 1. The van der Waals surface area contributed by atoms with Crippen molar-refractivity contribution in [1.82, 2.24) is 10.2 Å². The van der Waals surface area contributed by atoms with Gasteiger partial charge in [-0.1, -0.05) is 75.7 Å². The number of carbonyl (C=O) groups is 6. The second-order valence-corrected chi connectivity index (χ2v) is 14.3. The van der Waals surface area contributed by atoms with Gasteiger partial charge in [0.15, 0.2) is 5.60 Å². The van der Waals surface area contributed by atoms with Crippen LogP contribution in [0, 0.1) is 17.8 Å². The highest BCUT2D eigenvalue weighted by molar-refractivity contribution is 5.95. The Bertz CT molecular complexity index is 1530. The van der Waals surface area contributed by atoms with E-state index in [9.17, 15) is 39.0 Å². The van der Waals surface area contributed by atoms with Crippen LogP contribution in [-0.4, -0.2) is 95.5 Å². The summed E-state index contributed by atoms with van der Waals surface area (Å²) in [6.45, 7) is 6.28. The molecule has 0 radical (unpaired) electrons. The summed E-state index contributed by atoms with van der Waals surface area (Å²) in [7, 11) is 1.14. The smallest absolute Gasteiger partial charge is 0.412 e. The van der Waals surface area contributed by atoms with Crippen LogP contribution in [-0.2, 0) is 44.6 Å². The lowest BCUT2D eigenvalue weighted by atomic mass is 9.82. The van der Waals surface area contributed by atoms with E-state index in [0.717, 1.165) is 64.9 Å². The van der Waals surface area contributed by atoms with E-state index in [-0.39, 0.29) is 18.8 Å². The maximum absolute atomic E-state index is 13.9. The predicted molar refractivity (Wildman–Crippen MR) is 212 cm³/mol. The third-order valence-corrected chi connectivity index (χ3v) is 9.63. The van der Waals surface area contributed by atoms with E-state index in [0.29, 0.717) is 50.1 Å². The molecule has 2 rings (SSSR count). The highest BCUT2D eigenvalue weighted by atomic mass is 16.7. The SMILES string of the molecule is CC#CCOc1ccc(C[C@H](NC(=O)[C@@H](/C=C/CCCCCCC(=O)CCCCCCC)C(O)(CC(=O)O[C@H](C)OC(=O)N2CCCC2)C(=O)O)C(=O)OC)cc1. The first-order chi connectivity index (χ1) is 27.3. The van der Waals surface area contributed by atoms with Crippen LogP contribution in [0.15, 0.2) is 36.4 Å². The number of benzene rings is 1. The molecule has 1 fully saturated rings. The zero-order valence-electron chi connectivity index (χ0n) is 34.1. The van der Waals surface area contributed by atoms with Gasteiger partial charge in [0.25, 0.3) is 0 Å². The summed E-state index contributed by atoms with van der Waals surface area (Å²) < 4.78 is 20.8. The van der Waals surface area contributed by atoms with E-state index < -0.39 is 60.2 Å². The summed E-state index contributed by atoms with van der Waals surface area (Å²) in [6, 6.07) is 5.39. The lowest BCUT2D eigenvalue weighted by Crippen LogP contribution is -2.55. The molecule has 1 aromatic carbocycles. The van der Waals surface area contributed by atoms with Crippen LogP contribution in [0.3, 0.4) is 0 Å². The van der Waals surface area contributed by atoms with E-state index in [4.69, 9.17) is 18.9 Å². The van der Waals surface area contributed by atoms with Crippen molar-refractivity contribution in [2.24, 2.45) is 5.92 Å². The number of hydrogen-bond acceptors (Lipinski definition) is 11. The second-order valence-electron chi connectivity index (χ2n) is 14.3. The summed E-state index contributed by atoms with van der Waals surface area (Å²) in [4.78, 5) is 78.6. The molecule has 0 aliphatic carbocycles. The third kappa shape index (κ3) is 18.3. The third-order valence-electron chi connectivity index (χ3n) is 9.63. The minimum atomic E-state index is -3.03. The first kappa shape index (κ1) is 48.2. The number of allylic oxidation sites excluding steroid dienone is 1. The first-order valence-electron chi connectivity index (χ1n) is 20.1. The van der Waals surface area contributed by atoms with E-state index in [1.165, 1.54) is 24.3 Å². The summed E-state index contributed by atoms with van der Waals surface area (Å²) in [5.74, 6) is -0.565. The fourth-order valence-electron chi connectivity index (χ4n) is 6.34. The molecule has 1 aromatic rings. The zero-order chi connectivity index (χ0) is 42.1. The van der Waals surface area contributed by atoms with Crippen LogP contribution in [0.25, 0.3) is 0 Å². The summed E-state index contributed by atoms with van der Waals surface area (Å²) >= 11 is 0. The molecule has 4 atom stereocenters. The topological polar surface area (TPSA) is 195 Å². The highest BCUT2D eigenvalue weighted by Crippen LogP contribution is 2.27. The largest absolute Gasteiger partial charge is 0.481 e. The Balaban J connectivity index is 2.17. The molecule has 1 aliphatic rings. The maximum Gasteiger partial charge on any atom is 0.412 e. The van der Waals surface area contributed by atoms with Crippen molar-refractivity contribution < 1.29 is 57.9 Å². The van der Waals surface area contributed by atoms with Gasteiger partial charge in [-0.25, -0.2) is 14.4 Å². The average Bonchev–Trinajstić information content (AvgIpc) is 3.73. The van der Waals surface area contributed by atoms with Gasteiger partial charge < -0.3 is 39.4 Å². The number of Topliss-reactive ketones (excluding diaryl/α,β-unsaturated/α-hetero) is 1. The number of unbranched alkanes of at least 4 members (excludes halogenated alkanes) is 8. The van der Waals surface area contributed by atoms with E-state index in [1.807, 2.05) is 0 Å². The average molecular weight is 799 g/mol. The Morgan fingerprint density at radius 2 is 1.56 bits per heavy atom. The Morgan fingerprint density at radius 1 is 0.930 bits per heavy atom. The molecule has 1 aliphatic heterocycles. The molecular weight excluding hydrogens is 736 g/mol. The van der Waals surface area contributed by atoms with Crippen molar-refractivity contribution in [2.45, 2.75) is 141 Å². The van der Waals surface area contributed by atoms with E-state index >= 15 is 0 Å². The number of carbonyl (C=O) groups excluding carboxylic acids is 5. The summed E-state index contributed by atoms with van der Waals surface area (Å²) in [5, 5.41) is 24.4. The highest BCUT2D eigenvalue weighted by Gasteiger charge is 2.50. The Hall–Kier alpha value is -4.90. The minimum absolute atomic E-state index is 0.0569. The van der Waals surface area contributed by atoms with Crippen molar-refractivity contribution in [3.05, 3.63) is 42.0 Å². The van der Waals surface area contributed by atoms with Crippen molar-refractivity contribution in [3.8, 4) is 17.6 Å². The summed E-state index contributed by atoms with van der Waals surface area (Å²) in [6.07, 6.45) is 11.0. The molecule has 316 valence electrons. The lowest BCUT2D eigenvalue weighted by Gasteiger charge is -2.30. The number of aliphatic hydroxyl groups is 1. The van der Waals surface area contributed by atoms with Crippen molar-refractivity contribution in [3.63, 3.8) is 0 Å². The number of carboxylic acid groups (broad SMARTS) is 1. The van der Waals surface area contributed by atoms with Gasteiger partial charge in [0.05, 0.1) is 19.4 Å². The number of aliphatic carboxylic acids is 1. The van der Waals surface area contributed by atoms with Crippen LogP contribution < -0.4 is 10.1 Å². The van der Waals surface area contributed by atoms with Crippen molar-refractivity contribution in [1.29, 1.82) is 0 Å². The zero-order valence-corrected chi connectivity index (χ0v) is 34.1. The van der Waals surface area contributed by atoms with Crippen LogP contribution in [0.2, 0.25) is 0 Å². The number of nitrogens with one attached hydrogen (secondary N) is 1. The van der Waals surface area contributed by atoms with Gasteiger partial charge >= 0.3 is 24.0 Å². The lowest BCUT2D eigenvalue weighted by molar-refractivity contribution is -0.182. The Morgan fingerprint density at radius 3 is 2.16 bits per heavy atom. The van der Waals surface area contributed by atoms with E-state index in [1.54, 1.807) is 37.3 Å². The Labute approximate surface area is 337 Å². The van der Waals surface area contributed by atoms with Gasteiger partial charge in [0.2, 0.25) is 12.2 Å². The molecule has 1 heterocycles. The molecule has 0 spiro atoms. The van der Waals surface area contributed by atoms with Crippen LogP contribution in [0.4, 0.5) is 4.79 Å². The fraction of sp³-hybridized carbons (Fsp3) is 0.628. The second kappa shape index (κ2) is 26.9. The molecule has 0 bridgehead atoms. The number of ketones is 1. The first-order valence-corrected chi connectivity index (χ1v) is 20.1. The summed E-state index contributed by atoms with van der Waals surface area (Å²) in [5.41, 5.74) is -2.43. The number of rotatable bonds is 27. The number of amides is 2. The van der Waals surface area contributed by atoms with Gasteiger partial charge in [-0.05, 0) is 63.1 Å². The van der Waals surface area contributed by atoms with Gasteiger partial charge in [-0.3, -0.25) is 14.4 Å². The van der Waals surface area contributed by atoms with Crippen LogP contribution in [0.5, 0.6) is 5.75 Å². The molecule has 14 nitrogen and oxygen atoms in total. The number of carboxylic acids is 1. The standard InChI is InChI=1S/C43H62N2O12/c1-5-7-9-12-15-20-34(46)21-16-13-10-11-14-17-22-36(43(53,41(50)51)31-38(47)56-32(3)57-42(52)45-27-18-19-28-45)39(48)44-37(40(49)54-4)30-33-23-25-35(26-24-33)55-29-8-6-2/h17,22-26,32,36-37,53H,5,7,9-16,18-21,27-31H2,1-4H3,(H,44,48)(H,50,51)/b22-17+/t32-,36+,37-,43?/m0/s1. The Kier molecular flexibility index (Phi) is 22.7. The molecule has 2 amide bonds. The van der Waals surface area contributed by atoms with Crippen molar-refractivity contribution >= 4 is 35.7 Å². The molecule has 3 N–H and O–H groups in total. The maximum atomic E-state index is 13.9. The normalized spacial score (nSPS) is 15.0. The van der Waals surface area contributed by atoms with Gasteiger partial charge in [-0.2, -0.15) is 0 Å². The molecule has 1 unspecified atom stereocenters. The number of hydrogen-bond donors (Lipinski definition) is 3. The molecule has 0 aromatic heterocycles. The van der Waals surface area contributed by atoms with Crippen LogP contribution >= 0.6 is 0 Å². The monoisotopic (exact) mass is 798 g/mol. The molecule has 57 heavy (non-hydrogen) atoms. The number of ether oxygens (including phenoxy) is 4. The molecule has 0 saturated carbocycles. The van der Waals surface area contributed by atoms with Gasteiger partial charge in [0, 0.05) is 39.3 Å². The predicted octanol–water partition coefficient (Wildman–Crippen LogP) is 6.06. The number of nitrogens with zero attached hydrogens (tertiary/aromatic N) is 1. The van der Waals surface area contributed by atoms with E-state index in [2.05, 4.69) is 24.1 Å². The van der Waals surface area contributed by atoms with Gasteiger partial charge in [-0.15, -0.1) is 5.92 Å². The van der Waals surface area contributed by atoms with Crippen molar-refractivity contribution in [2.75, 3.05) is 26.8 Å². The fourth-order valence-corrected chi connectivity index (χ4v) is 6.34. The molecule has 1 saturated heterocycles. The van der Waals surface area contributed by atoms with Gasteiger partial charge in [0.1, 0.15) is 24.2 Å². The molecular formula is C43H62N2O12. The number of esters is 2.